The van der Waals surface area contributed by atoms with Crippen LogP contribution < -0.4 is 10.6 Å². The topological polar surface area (TPSA) is 42.1 Å². The van der Waals surface area contributed by atoms with Crippen LogP contribution in [-0.4, -0.2) is 17.6 Å². The number of piperidine rings is 1. The van der Waals surface area contributed by atoms with Gasteiger partial charge in [-0.25, -0.2) is 4.98 Å². The first-order valence-corrected chi connectivity index (χ1v) is 7.63. The lowest BCUT2D eigenvalue weighted by atomic mass is 10.1. The third-order valence-corrected chi connectivity index (χ3v) is 5.65. The van der Waals surface area contributed by atoms with Gasteiger partial charge in [0, 0.05) is 29.9 Å². The molecule has 0 spiro atoms. The van der Waals surface area contributed by atoms with Crippen molar-refractivity contribution in [3.05, 3.63) is 10.6 Å². The summed E-state index contributed by atoms with van der Waals surface area (Å²) in [6, 6.07) is 0.781. The van der Waals surface area contributed by atoms with E-state index in [0.29, 0.717) is 6.54 Å². The zero-order valence-corrected chi connectivity index (χ0v) is 10.9. The zero-order chi connectivity index (χ0) is 11.4. The predicted octanol–water partition coefficient (Wildman–Crippen LogP) is 2.47. The third kappa shape index (κ3) is 1.61. The molecule has 3 fully saturated rings. The molecule has 0 aromatic carbocycles. The summed E-state index contributed by atoms with van der Waals surface area (Å²) in [6.07, 6.45) is 6.85. The van der Waals surface area contributed by atoms with Gasteiger partial charge in [-0.1, -0.05) is 0 Å². The molecule has 2 aliphatic carbocycles. The van der Waals surface area contributed by atoms with E-state index in [0.717, 1.165) is 17.9 Å². The van der Waals surface area contributed by atoms with E-state index in [1.165, 1.54) is 54.4 Å². The predicted molar refractivity (Wildman–Crippen MR) is 70.5 cm³/mol. The second-order valence-corrected chi connectivity index (χ2v) is 6.83. The van der Waals surface area contributed by atoms with Crippen molar-refractivity contribution in [1.82, 2.24) is 4.98 Å². The van der Waals surface area contributed by atoms with Crippen LogP contribution in [-0.2, 0) is 6.54 Å². The number of nitrogens with zero attached hydrogens (tertiary/aromatic N) is 2. The summed E-state index contributed by atoms with van der Waals surface area (Å²) < 4.78 is 0. The van der Waals surface area contributed by atoms with E-state index < -0.39 is 0 Å². The van der Waals surface area contributed by atoms with Crippen LogP contribution in [0.4, 0.5) is 5.13 Å². The summed E-state index contributed by atoms with van der Waals surface area (Å²) in [6.45, 7) is 1.91. The van der Waals surface area contributed by atoms with Gasteiger partial charge in [0.1, 0.15) is 0 Å². The highest BCUT2D eigenvalue weighted by Gasteiger charge is 2.40. The van der Waals surface area contributed by atoms with Crippen LogP contribution in [0.2, 0.25) is 0 Å². The first kappa shape index (κ1) is 10.3. The molecule has 92 valence electrons. The first-order valence-electron chi connectivity index (χ1n) is 6.81. The van der Waals surface area contributed by atoms with E-state index in [4.69, 9.17) is 10.7 Å². The van der Waals surface area contributed by atoms with Gasteiger partial charge in [-0.15, -0.1) is 11.3 Å². The zero-order valence-electron chi connectivity index (χ0n) is 10.1. The van der Waals surface area contributed by atoms with E-state index in [-0.39, 0.29) is 0 Å². The van der Waals surface area contributed by atoms with Gasteiger partial charge in [-0.05, 0) is 38.0 Å². The highest BCUT2D eigenvalue weighted by molar-refractivity contribution is 7.15. The fourth-order valence-electron chi connectivity index (χ4n) is 3.45. The molecule has 0 amide bonds. The quantitative estimate of drug-likeness (QED) is 0.895. The van der Waals surface area contributed by atoms with Gasteiger partial charge in [0.25, 0.3) is 0 Å². The minimum absolute atomic E-state index is 0.672. The summed E-state index contributed by atoms with van der Waals surface area (Å²) >= 11 is 1.85. The number of aromatic nitrogens is 1. The van der Waals surface area contributed by atoms with Crippen LogP contribution in [0.5, 0.6) is 0 Å². The monoisotopic (exact) mass is 249 g/mol. The Morgan fingerprint density at radius 1 is 1.29 bits per heavy atom. The molecule has 3 nitrogen and oxygen atoms in total. The molecule has 2 bridgehead atoms. The minimum Gasteiger partial charge on any atom is -0.345 e. The standard InChI is InChI=1S/C13H19N3S/c14-6-11-12(9-2-3-9)15-13(17-11)16-7-8-1-4-10(16)5-8/h8-10H,1-7,14H2. The van der Waals surface area contributed by atoms with E-state index >= 15 is 0 Å². The largest absolute Gasteiger partial charge is 0.345 e. The Kier molecular flexibility index (Phi) is 2.24. The molecule has 2 heterocycles. The maximum absolute atomic E-state index is 5.86. The molecule has 4 heteroatoms. The molecular formula is C13H19N3S. The van der Waals surface area contributed by atoms with Crippen molar-refractivity contribution >= 4 is 16.5 Å². The molecule has 2 saturated carbocycles. The summed E-state index contributed by atoms with van der Waals surface area (Å²) in [5.74, 6) is 1.67. The van der Waals surface area contributed by atoms with Gasteiger partial charge in [-0.2, -0.15) is 0 Å². The lowest BCUT2D eigenvalue weighted by molar-refractivity contribution is 0.552. The number of hydrogen-bond donors (Lipinski definition) is 1. The van der Waals surface area contributed by atoms with Crippen LogP contribution in [0.15, 0.2) is 0 Å². The van der Waals surface area contributed by atoms with Crippen molar-refractivity contribution in [3.63, 3.8) is 0 Å². The van der Waals surface area contributed by atoms with Crippen LogP contribution in [0.1, 0.15) is 48.6 Å². The van der Waals surface area contributed by atoms with Gasteiger partial charge in [0.2, 0.25) is 0 Å². The number of fused-ring (bicyclic) bond motifs is 2. The highest BCUT2D eigenvalue weighted by atomic mass is 32.1. The van der Waals surface area contributed by atoms with Crippen molar-refractivity contribution in [2.75, 3.05) is 11.4 Å². The van der Waals surface area contributed by atoms with Crippen LogP contribution >= 0.6 is 11.3 Å². The Hall–Kier alpha value is -0.610. The van der Waals surface area contributed by atoms with Crippen LogP contribution in [0, 0.1) is 5.92 Å². The second-order valence-electron chi connectivity index (χ2n) is 5.77. The minimum atomic E-state index is 0.672. The number of rotatable bonds is 3. The number of anilines is 1. The summed E-state index contributed by atoms with van der Waals surface area (Å²) in [5, 5.41) is 1.26. The van der Waals surface area contributed by atoms with Crippen molar-refractivity contribution in [3.8, 4) is 0 Å². The molecule has 1 aliphatic heterocycles. The fraction of sp³-hybridized carbons (Fsp3) is 0.769. The number of thiazole rings is 1. The van der Waals surface area contributed by atoms with Gasteiger partial charge in [0.15, 0.2) is 5.13 Å². The summed E-state index contributed by atoms with van der Waals surface area (Å²) in [7, 11) is 0. The molecule has 1 saturated heterocycles. The van der Waals surface area contributed by atoms with Crippen molar-refractivity contribution in [1.29, 1.82) is 0 Å². The molecule has 0 radical (unpaired) electrons. The van der Waals surface area contributed by atoms with Crippen LogP contribution in [0.3, 0.4) is 0 Å². The Morgan fingerprint density at radius 3 is 2.76 bits per heavy atom. The van der Waals surface area contributed by atoms with Crippen LogP contribution in [0.25, 0.3) is 0 Å². The van der Waals surface area contributed by atoms with Crippen molar-refractivity contribution < 1.29 is 0 Å². The maximum Gasteiger partial charge on any atom is 0.186 e. The SMILES string of the molecule is NCc1sc(N2CC3CCC2C3)nc1C1CC1. The van der Waals surface area contributed by atoms with Crippen molar-refractivity contribution in [2.45, 2.75) is 50.6 Å². The van der Waals surface area contributed by atoms with Gasteiger partial charge < -0.3 is 10.6 Å². The normalized spacial score (nSPS) is 31.5. The molecule has 4 rings (SSSR count). The molecule has 1 aromatic heterocycles. The van der Waals surface area contributed by atoms with Gasteiger partial charge in [0.05, 0.1) is 5.69 Å². The molecular weight excluding hydrogens is 230 g/mol. The highest BCUT2D eigenvalue weighted by Crippen LogP contribution is 2.46. The fourth-order valence-corrected chi connectivity index (χ4v) is 4.56. The average molecular weight is 249 g/mol. The van der Waals surface area contributed by atoms with Gasteiger partial charge >= 0.3 is 0 Å². The summed E-state index contributed by atoms with van der Waals surface area (Å²) in [4.78, 5) is 8.81. The van der Waals surface area contributed by atoms with E-state index in [2.05, 4.69) is 4.90 Å². The second kappa shape index (κ2) is 3.69. The smallest absolute Gasteiger partial charge is 0.186 e. The molecule has 17 heavy (non-hydrogen) atoms. The van der Waals surface area contributed by atoms with E-state index in [9.17, 15) is 0 Å². The Balaban J connectivity index is 1.65. The van der Waals surface area contributed by atoms with Crippen molar-refractivity contribution in [2.24, 2.45) is 11.7 Å². The lowest BCUT2D eigenvalue weighted by Crippen LogP contribution is -2.31. The molecule has 2 unspecified atom stereocenters. The van der Waals surface area contributed by atoms with Gasteiger partial charge in [-0.3, -0.25) is 0 Å². The number of hydrogen-bond acceptors (Lipinski definition) is 4. The maximum atomic E-state index is 5.86. The third-order valence-electron chi connectivity index (χ3n) is 4.52. The molecule has 2 atom stereocenters. The Morgan fingerprint density at radius 2 is 2.18 bits per heavy atom. The molecule has 2 N–H and O–H groups in total. The van der Waals surface area contributed by atoms with E-state index in [1.807, 2.05) is 11.3 Å². The first-order chi connectivity index (χ1) is 8.35. The Bertz CT molecular complexity index is 438. The summed E-state index contributed by atoms with van der Waals surface area (Å²) in [5.41, 5.74) is 7.19. The number of nitrogens with two attached hydrogens (primary N) is 1. The molecule has 1 aromatic rings. The average Bonchev–Trinajstić information content (AvgIpc) is 2.81. The lowest BCUT2D eigenvalue weighted by Gasteiger charge is -2.26. The molecule has 3 aliphatic rings. The van der Waals surface area contributed by atoms with E-state index in [1.54, 1.807) is 0 Å². The Labute approximate surface area is 106 Å².